The number of rotatable bonds is 0. The van der Waals surface area contributed by atoms with Gasteiger partial charge in [-0.05, 0) is 0 Å². The van der Waals surface area contributed by atoms with E-state index in [0.29, 0.717) is 0 Å². The molecule has 0 bridgehead atoms. The predicted molar refractivity (Wildman–Crippen MR) is 56.1 cm³/mol. The van der Waals surface area contributed by atoms with Crippen LogP contribution in [0.3, 0.4) is 0 Å². The lowest BCUT2D eigenvalue weighted by atomic mass is 15.8. The van der Waals surface area contributed by atoms with Gasteiger partial charge in [0.05, 0.1) is 0 Å². The van der Waals surface area contributed by atoms with Crippen molar-refractivity contribution in [2.45, 2.75) is 0 Å². The summed E-state index contributed by atoms with van der Waals surface area (Å²) in [5.74, 6) is 0. The zero-order chi connectivity index (χ0) is 10.7. The van der Waals surface area contributed by atoms with Gasteiger partial charge in [-0.3, -0.25) is 13.4 Å². The molecule has 0 saturated heterocycles. The standard InChI is InChI=1S/2Al.3H2O3Si.H2O.6H/c;;3*1-4(2)3;;;;;;;/h;;3*1-2H;1H2;;;;;;. The Kier molecular flexibility index (Phi) is 70.8. The highest BCUT2D eigenvalue weighted by Gasteiger charge is 1.85. The highest BCUT2D eigenvalue weighted by molar-refractivity contribution is 6.22. The van der Waals surface area contributed by atoms with Crippen LogP contribution < -0.4 is 0 Å². The normalized spacial score (nSPS) is 4.80. The van der Waals surface area contributed by atoms with E-state index in [1.54, 1.807) is 0 Å². The van der Waals surface area contributed by atoms with Crippen LogP contribution in [0, 0.1) is 0 Å². The molecule has 0 aromatic rings. The maximum Gasteiger partial charge on any atom is 0.761 e. The Labute approximate surface area is 110 Å². The molecule has 15 heteroatoms. The molecule has 10 nitrogen and oxygen atoms in total. The van der Waals surface area contributed by atoms with E-state index < -0.39 is 27.5 Å². The lowest BCUT2D eigenvalue weighted by Gasteiger charge is -1.55. The third kappa shape index (κ3) is 126000. The zero-order valence-electron chi connectivity index (χ0n) is 5.91. The molecule has 0 unspecified atom stereocenters. The van der Waals surface area contributed by atoms with Crippen molar-refractivity contribution in [2.75, 3.05) is 0 Å². The first-order valence-electron chi connectivity index (χ1n) is 1.95. The van der Waals surface area contributed by atoms with E-state index in [9.17, 15) is 0 Å². The lowest BCUT2D eigenvalue weighted by molar-refractivity contribution is 0.328. The van der Waals surface area contributed by atoms with Gasteiger partial charge in [0.25, 0.3) is 0 Å². The molecule has 0 aliphatic carbocycles. The maximum absolute atomic E-state index is 8.74. The topological polar surface area (TPSA) is 204 Å². The van der Waals surface area contributed by atoms with Crippen LogP contribution in [-0.2, 0) is 13.4 Å². The fraction of sp³-hybridized carbons (Fsp3) is 0. The quantitative estimate of drug-likeness (QED) is 0.234. The van der Waals surface area contributed by atoms with Crippen molar-refractivity contribution in [3.05, 3.63) is 0 Å². The Morgan fingerprint density at radius 2 is 0.533 bits per heavy atom. The van der Waals surface area contributed by atoms with Crippen LogP contribution in [0.4, 0.5) is 0 Å². The Morgan fingerprint density at radius 1 is 0.533 bits per heavy atom. The second kappa shape index (κ2) is 29.2. The van der Waals surface area contributed by atoms with Crippen LogP contribution in [0.25, 0.3) is 0 Å². The summed E-state index contributed by atoms with van der Waals surface area (Å²) in [5, 5.41) is 0. The van der Waals surface area contributed by atoms with E-state index >= 15 is 0 Å². The van der Waals surface area contributed by atoms with Crippen LogP contribution in [0.15, 0.2) is 0 Å². The first-order valence-corrected chi connectivity index (χ1v) is 5.86. The second-order valence-electron chi connectivity index (χ2n) is 0.848. The van der Waals surface area contributed by atoms with Gasteiger partial charge in [-0.15, -0.1) is 0 Å². The summed E-state index contributed by atoms with van der Waals surface area (Å²) in [6.07, 6.45) is 0. The average molecular weight is 312 g/mol. The molecular formula is H14Al2O10Si3. The van der Waals surface area contributed by atoms with Crippen molar-refractivity contribution >= 4 is 62.2 Å². The molecule has 0 aromatic heterocycles. The minimum absolute atomic E-state index is 0. The molecule has 0 fully saturated rings. The third-order valence-electron chi connectivity index (χ3n) is 0. The fourth-order valence-electron chi connectivity index (χ4n) is 0. The van der Waals surface area contributed by atoms with Gasteiger partial charge in [0, 0.05) is 0 Å². The van der Waals surface area contributed by atoms with Crippen LogP contribution in [0.5, 0.6) is 0 Å². The zero-order valence-corrected chi connectivity index (χ0v) is 8.91. The van der Waals surface area contributed by atoms with Gasteiger partial charge in [-0.25, -0.2) is 0 Å². The van der Waals surface area contributed by atoms with Crippen molar-refractivity contribution < 1.29 is 47.6 Å². The van der Waals surface area contributed by atoms with Crippen LogP contribution in [0.1, 0.15) is 0 Å². The van der Waals surface area contributed by atoms with Crippen molar-refractivity contribution in [1.82, 2.24) is 0 Å². The van der Waals surface area contributed by atoms with Gasteiger partial charge < -0.3 is 34.3 Å². The summed E-state index contributed by atoms with van der Waals surface area (Å²) in [6.45, 7) is 0. The Balaban J connectivity index is -0.0000000184. The predicted octanol–water partition coefficient (Wildman–Crippen LogP) is -8.03. The highest BCUT2D eigenvalue weighted by Crippen LogP contribution is 1.27. The minimum Gasteiger partial charge on any atom is -0.511 e. The maximum atomic E-state index is 8.74. The average Bonchev–Trinajstić information content (AvgIpc) is 1.54. The van der Waals surface area contributed by atoms with Crippen molar-refractivity contribution in [3.63, 3.8) is 0 Å². The van der Waals surface area contributed by atoms with Crippen molar-refractivity contribution in [3.8, 4) is 0 Å². The molecule has 0 amide bonds. The molecule has 0 saturated carbocycles. The SMILES string of the molecule is O.O=[Si](O)O.O=[Si](O)O.O=[Si](O)O.[AlH3].[AlH3]. The summed E-state index contributed by atoms with van der Waals surface area (Å²) in [6, 6.07) is 0. The molecule has 0 atom stereocenters. The van der Waals surface area contributed by atoms with Crippen molar-refractivity contribution in [1.29, 1.82) is 0 Å². The molecule has 0 aliphatic rings. The van der Waals surface area contributed by atoms with E-state index in [4.69, 9.17) is 42.2 Å². The monoisotopic (exact) mass is 312 g/mol. The smallest absolute Gasteiger partial charge is 0.511 e. The van der Waals surface area contributed by atoms with E-state index in [-0.39, 0.29) is 40.2 Å². The highest BCUT2D eigenvalue weighted by atomic mass is 28.3. The summed E-state index contributed by atoms with van der Waals surface area (Å²) in [7, 11) is -9.39. The van der Waals surface area contributed by atoms with E-state index in [0.717, 1.165) is 0 Å². The minimum atomic E-state index is -3.13. The molecule has 0 aliphatic heterocycles. The van der Waals surface area contributed by atoms with Gasteiger partial charge in [0.15, 0.2) is 34.7 Å². The van der Waals surface area contributed by atoms with Crippen molar-refractivity contribution in [2.24, 2.45) is 0 Å². The van der Waals surface area contributed by atoms with E-state index in [1.165, 1.54) is 0 Å². The number of hydrogen-bond donors (Lipinski definition) is 6. The van der Waals surface area contributed by atoms with Crippen LogP contribution in [-0.4, -0.2) is 96.5 Å². The molecule has 0 aromatic carbocycles. The molecule has 92 valence electrons. The second-order valence-corrected chi connectivity index (χ2v) is 2.54. The molecule has 0 rings (SSSR count). The molecule has 15 heavy (non-hydrogen) atoms. The molecule has 0 radical (unpaired) electrons. The summed E-state index contributed by atoms with van der Waals surface area (Å²) >= 11 is 0. The van der Waals surface area contributed by atoms with Crippen LogP contribution >= 0.6 is 0 Å². The Morgan fingerprint density at radius 3 is 0.533 bits per heavy atom. The first-order chi connectivity index (χ1) is 5.20. The van der Waals surface area contributed by atoms with E-state index in [1.807, 2.05) is 0 Å². The van der Waals surface area contributed by atoms with Crippen LogP contribution in [0.2, 0.25) is 0 Å². The molecule has 8 N–H and O–H groups in total. The third-order valence-corrected chi connectivity index (χ3v) is 0. The van der Waals surface area contributed by atoms with Gasteiger partial charge in [-0.2, -0.15) is 0 Å². The molecular weight excluding hydrogens is 298 g/mol. The number of hydrogen-bond acceptors (Lipinski definition) is 3. The van der Waals surface area contributed by atoms with Gasteiger partial charge >= 0.3 is 27.5 Å². The van der Waals surface area contributed by atoms with Gasteiger partial charge in [-0.1, -0.05) is 0 Å². The summed E-state index contributed by atoms with van der Waals surface area (Å²) in [5.41, 5.74) is 0. The largest absolute Gasteiger partial charge is 0.761 e. The fourth-order valence-corrected chi connectivity index (χ4v) is 0. The van der Waals surface area contributed by atoms with Gasteiger partial charge in [0.1, 0.15) is 0 Å². The Bertz CT molecular complexity index is 116. The van der Waals surface area contributed by atoms with Gasteiger partial charge in [0.2, 0.25) is 0 Å². The molecule has 0 heterocycles. The first kappa shape index (κ1) is 36.4. The Hall–Kier alpha value is -0.124. The summed E-state index contributed by atoms with van der Waals surface area (Å²) in [4.78, 5) is 42.9. The lowest BCUT2D eigenvalue weighted by Crippen LogP contribution is -1.90. The summed E-state index contributed by atoms with van der Waals surface area (Å²) < 4.78 is 26.2. The van der Waals surface area contributed by atoms with E-state index in [2.05, 4.69) is 0 Å². The molecule has 0 spiro atoms.